The summed E-state index contributed by atoms with van der Waals surface area (Å²) in [5.74, 6) is -0.245. The van der Waals surface area contributed by atoms with Gasteiger partial charge in [0.25, 0.3) is 0 Å². The molecule has 3 rings (SSSR count). The van der Waals surface area contributed by atoms with Gasteiger partial charge in [0.15, 0.2) is 0 Å². The van der Waals surface area contributed by atoms with Crippen molar-refractivity contribution in [3.05, 3.63) is 54.7 Å². The summed E-state index contributed by atoms with van der Waals surface area (Å²) in [5, 5.41) is 4.05. The van der Waals surface area contributed by atoms with Crippen LogP contribution in [0.2, 0.25) is 0 Å². The Morgan fingerprint density at radius 1 is 1.12 bits per heavy atom. The van der Waals surface area contributed by atoms with E-state index in [1.54, 1.807) is 29.0 Å². The SMILES string of the molecule is Fc1ccc(-c2cnc3[c-]cnn3c2)cc1.[Au+]. The van der Waals surface area contributed by atoms with E-state index in [0.29, 0.717) is 5.65 Å². The maximum Gasteiger partial charge on any atom is 1.00 e. The first kappa shape index (κ1) is 12.0. The summed E-state index contributed by atoms with van der Waals surface area (Å²) in [6, 6.07) is 9.17. The van der Waals surface area contributed by atoms with Gasteiger partial charge in [-0.1, -0.05) is 12.1 Å². The van der Waals surface area contributed by atoms with Gasteiger partial charge < -0.3 is 6.07 Å². The van der Waals surface area contributed by atoms with Crippen molar-refractivity contribution in [3.63, 3.8) is 0 Å². The fourth-order valence-electron chi connectivity index (χ4n) is 1.55. The second kappa shape index (κ2) is 4.79. The van der Waals surface area contributed by atoms with Crippen LogP contribution in [0.4, 0.5) is 4.39 Å². The predicted octanol–water partition coefficient (Wildman–Crippen LogP) is 2.33. The Morgan fingerprint density at radius 2 is 1.88 bits per heavy atom. The third kappa shape index (κ3) is 2.29. The molecule has 1 aromatic carbocycles. The number of halogens is 1. The van der Waals surface area contributed by atoms with Crippen LogP contribution in [0.1, 0.15) is 0 Å². The molecular formula is C12H7AuFN3. The molecular weight excluding hydrogens is 402 g/mol. The minimum absolute atomic E-state index is 0. The van der Waals surface area contributed by atoms with Gasteiger partial charge in [-0.25, -0.2) is 9.49 Å². The molecule has 0 atom stereocenters. The molecule has 0 unspecified atom stereocenters. The van der Waals surface area contributed by atoms with E-state index in [1.807, 2.05) is 6.20 Å². The van der Waals surface area contributed by atoms with Gasteiger partial charge in [-0.05, 0) is 23.3 Å². The normalized spacial score (nSPS) is 10.2. The summed E-state index contributed by atoms with van der Waals surface area (Å²) in [7, 11) is 0. The summed E-state index contributed by atoms with van der Waals surface area (Å²) in [4.78, 5) is 4.19. The van der Waals surface area contributed by atoms with Gasteiger partial charge in [-0.2, -0.15) is 0 Å². The van der Waals surface area contributed by atoms with Gasteiger partial charge >= 0.3 is 22.4 Å². The third-order valence-corrected chi connectivity index (χ3v) is 2.36. The molecule has 0 N–H and O–H groups in total. The fourth-order valence-corrected chi connectivity index (χ4v) is 1.55. The molecule has 3 aromatic rings. The molecule has 0 spiro atoms. The van der Waals surface area contributed by atoms with Crippen molar-refractivity contribution in [2.24, 2.45) is 0 Å². The topological polar surface area (TPSA) is 30.2 Å². The van der Waals surface area contributed by atoms with E-state index in [1.165, 1.54) is 12.1 Å². The third-order valence-electron chi connectivity index (χ3n) is 2.36. The van der Waals surface area contributed by atoms with Gasteiger partial charge in [-0.3, -0.25) is 9.50 Å². The quantitative estimate of drug-likeness (QED) is 0.457. The van der Waals surface area contributed by atoms with Gasteiger partial charge in [-0.15, -0.1) is 6.20 Å². The summed E-state index contributed by atoms with van der Waals surface area (Å²) >= 11 is 0. The second-order valence-corrected chi connectivity index (χ2v) is 3.41. The van der Waals surface area contributed by atoms with Gasteiger partial charge in [0, 0.05) is 18.0 Å². The molecule has 3 nitrogen and oxygen atoms in total. The Bertz CT molecular complexity index is 634. The molecule has 88 valence electrons. The number of rotatable bonds is 1. The molecule has 2 heterocycles. The van der Waals surface area contributed by atoms with E-state index in [0.717, 1.165) is 11.1 Å². The number of aromatic nitrogens is 3. The fraction of sp³-hybridized carbons (Fsp3) is 0. The second-order valence-electron chi connectivity index (χ2n) is 3.41. The van der Waals surface area contributed by atoms with E-state index >= 15 is 0 Å². The average molecular weight is 409 g/mol. The largest absolute Gasteiger partial charge is 1.00 e. The first-order valence-corrected chi connectivity index (χ1v) is 4.80. The van der Waals surface area contributed by atoms with Crippen LogP contribution in [0.5, 0.6) is 0 Å². The van der Waals surface area contributed by atoms with Crippen LogP contribution in [-0.4, -0.2) is 14.6 Å². The van der Waals surface area contributed by atoms with Crippen molar-refractivity contribution >= 4 is 5.65 Å². The number of benzene rings is 1. The van der Waals surface area contributed by atoms with Gasteiger partial charge in [0.1, 0.15) is 5.82 Å². The van der Waals surface area contributed by atoms with E-state index < -0.39 is 0 Å². The Balaban J connectivity index is 0.00000108. The molecule has 0 bridgehead atoms. The van der Waals surface area contributed by atoms with Crippen LogP contribution < -0.4 is 0 Å². The Hall–Kier alpha value is -1.49. The number of fused-ring (bicyclic) bond motifs is 1. The van der Waals surface area contributed by atoms with Crippen molar-refractivity contribution in [1.29, 1.82) is 0 Å². The van der Waals surface area contributed by atoms with Gasteiger partial charge in [0.2, 0.25) is 0 Å². The first-order valence-electron chi connectivity index (χ1n) is 4.80. The van der Waals surface area contributed by atoms with Crippen molar-refractivity contribution < 1.29 is 26.8 Å². The van der Waals surface area contributed by atoms with E-state index in [2.05, 4.69) is 16.1 Å². The monoisotopic (exact) mass is 409 g/mol. The number of hydrogen-bond acceptors (Lipinski definition) is 2. The molecule has 5 heteroatoms. The summed E-state index contributed by atoms with van der Waals surface area (Å²) in [6.45, 7) is 0. The maximum atomic E-state index is 12.8. The van der Waals surface area contributed by atoms with Crippen LogP contribution in [0.3, 0.4) is 0 Å². The van der Waals surface area contributed by atoms with Crippen molar-refractivity contribution in [2.75, 3.05) is 0 Å². The zero-order chi connectivity index (χ0) is 11.0. The van der Waals surface area contributed by atoms with Crippen molar-refractivity contribution in [3.8, 4) is 11.1 Å². The molecule has 0 amide bonds. The Morgan fingerprint density at radius 3 is 2.65 bits per heavy atom. The van der Waals surface area contributed by atoms with Crippen LogP contribution in [0, 0.1) is 11.9 Å². The summed E-state index contributed by atoms with van der Waals surface area (Å²) in [6.07, 6.45) is 5.13. The van der Waals surface area contributed by atoms with Crippen LogP contribution in [0.15, 0.2) is 42.9 Å². The molecule has 0 radical (unpaired) electrons. The molecule has 0 aliphatic heterocycles. The molecule has 0 saturated heterocycles. The van der Waals surface area contributed by atoms with Crippen LogP contribution >= 0.6 is 0 Å². The van der Waals surface area contributed by atoms with Crippen LogP contribution in [0.25, 0.3) is 16.8 Å². The molecule has 17 heavy (non-hydrogen) atoms. The molecule has 0 saturated carbocycles. The molecule has 0 fully saturated rings. The van der Waals surface area contributed by atoms with Crippen molar-refractivity contribution in [2.45, 2.75) is 0 Å². The average Bonchev–Trinajstić information content (AvgIpc) is 2.77. The number of hydrogen-bond donors (Lipinski definition) is 0. The van der Waals surface area contributed by atoms with Crippen molar-refractivity contribution in [1.82, 2.24) is 14.6 Å². The molecule has 0 aliphatic rings. The Labute approximate surface area is 113 Å². The van der Waals surface area contributed by atoms with E-state index in [9.17, 15) is 4.39 Å². The zero-order valence-electron chi connectivity index (χ0n) is 8.56. The minimum atomic E-state index is -0.245. The summed E-state index contributed by atoms with van der Waals surface area (Å²) in [5.41, 5.74) is 2.47. The maximum absolute atomic E-state index is 12.8. The first-order chi connectivity index (χ1) is 7.83. The standard InChI is InChI=1S/C12H7FN3.Au/c13-11-3-1-9(2-4-11)10-7-14-12-5-6-15-16(12)8-10;/h1-4,6-8H;/q-1;+1. The molecule has 2 aromatic heterocycles. The molecule has 0 aliphatic carbocycles. The van der Waals surface area contributed by atoms with E-state index in [4.69, 9.17) is 0 Å². The van der Waals surface area contributed by atoms with Crippen LogP contribution in [-0.2, 0) is 22.4 Å². The van der Waals surface area contributed by atoms with Gasteiger partial charge in [0.05, 0.1) is 0 Å². The smallest absolute Gasteiger partial charge is 0.404 e. The number of nitrogens with zero attached hydrogens (tertiary/aromatic N) is 3. The predicted molar refractivity (Wildman–Crippen MR) is 57.2 cm³/mol. The Kier molecular flexibility index (Phi) is 3.38. The van der Waals surface area contributed by atoms with E-state index in [-0.39, 0.29) is 28.2 Å². The zero-order valence-corrected chi connectivity index (χ0v) is 10.7. The summed E-state index contributed by atoms with van der Waals surface area (Å²) < 4.78 is 14.4. The minimum Gasteiger partial charge on any atom is -0.404 e.